The lowest BCUT2D eigenvalue weighted by atomic mass is 9.81. The molecule has 7 nitrogen and oxygen atoms in total. The fraction of sp³-hybridized carbons (Fsp3) is 0.667. The van der Waals surface area contributed by atoms with Crippen molar-refractivity contribution in [2.75, 3.05) is 6.54 Å². The van der Waals surface area contributed by atoms with Crippen molar-refractivity contribution >= 4 is 5.91 Å². The number of nitrogens with zero attached hydrogens (tertiary/aromatic N) is 2. The largest absolute Gasteiger partial charge is 0.355 e. The number of hydrogen-bond donors (Lipinski definition) is 3. The van der Waals surface area contributed by atoms with Gasteiger partial charge in [0.25, 0.3) is 5.56 Å². The maximum absolute atomic E-state index is 12.3. The van der Waals surface area contributed by atoms with E-state index in [1.807, 2.05) is 0 Å². The SMILES string of the molecule is O=C(NCCCn1ncccc1=O)C1NNC2CCCCC21. The Morgan fingerprint density at radius 3 is 3.09 bits per heavy atom. The van der Waals surface area contributed by atoms with Gasteiger partial charge in [-0.25, -0.2) is 10.1 Å². The van der Waals surface area contributed by atoms with Crippen LogP contribution in [0, 0.1) is 5.92 Å². The molecule has 3 rings (SSSR count). The van der Waals surface area contributed by atoms with Gasteiger partial charge in [0.1, 0.15) is 6.04 Å². The third-order valence-electron chi connectivity index (χ3n) is 4.59. The fourth-order valence-electron chi connectivity index (χ4n) is 3.41. The molecule has 0 radical (unpaired) electrons. The zero-order chi connectivity index (χ0) is 15.4. The average molecular weight is 305 g/mol. The highest BCUT2D eigenvalue weighted by molar-refractivity contribution is 5.82. The monoisotopic (exact) mass is 305 g/mol. The van der Waals surface area contributed by atoms with E-state index in [0.717, 1.165) is 12.8 Å². The molecule has 3 atom stereocenters. The van der Waals surface area contributed by atoms with Gasteiger partial charge in [-0.3, -0.25) is 15.0 Å². The number of hydrazine groups is 1. The lowest BCUT2D eigenvalue weighted by Crippen LogP contribution is -2.46. The Kier molecular flexibility index (Phi) is 4.84. The van der Waals surface area contributed by atoms with E-state index in [2.05, 4.69) is 21.3 Å². The molecule has 3 N–H and O–H groups in total. The summed E-state index contributed by atoms with van der Waals surface area (Å²) < 4.78 is 1.42. The van der Waals surface area contributed by atoms with E-state index in [0.29, 0.717) is 31.5 Å². The van der Waals surface area contributed by atoms with Crippen LogP contribution in [-0.2, 0) is 11.3 Å². The Balaban J connectivity index is 1.43. The van der Waals surface area contributed by atoms with Crippen LogP contribution >= 0.6 is 0 Å². The van der Waals surface area contributed by atoms with Crippen LogP contribution in [0.2, 0.25) is 0 Å². The molecule has 0 spiro atoms. The first-order valence-corrected chi connectivity index (χ1v) is 8.06. The highest BCUT2D eigenvalue weighted by Gasteiger charge is 2.40. The number of rotatable bonds is 5. The fourth-order valence-corrected chi connectivity index (χ4v) is 3.41. The maximum atomic E-state index is 12.3. The standard InChI is InChI=1S/C15H23N5O2/c21-13-7-3-9-17-20(13)10-4-8-16-15(22)14-11-5-1-2-6-12(11)18-19-14/h3,7,9,11-12,14,18-19H,1-2,4-6,8,10H2,(H,16,22). The molecular formula is C15H23N5O2. The van der Waals surface area contributed by atoms with Crippen molar-refractivity contribution in [2.24, 2.45) is 5.92 Å². The summed E-state index contributed by atoms with van der Waals surface area (Å²) in [6.07, 6.45) is 6.98. The Hall–Kier alpha value is -1.73. The summed E-state index contributed by atoms with van der Waals surface area (Å²) in [6.45, 7) is 1.07. The second-order valence-electron chi connectivity index (χ2n) is 6.05. The van der Waals surface area contributed by atoms with E-state index in [9.17, 15) is 9.59 Å². The zero-order valence-electron chi connectivity index (χ0n) is 12.6. The van der Waals surface area contributed by atoms with Crippen molar-refractivity contribution in [2.45, 2.75) is 50.7 Å². The van der Waals surface area contributed by atoms with Crippen LogP contribution in [0.3, 0.4) is 0 Å². The van der Waals surface area contributed by atoms with Crippen LogP contribution in [-0.4, -0.2) is 34.3 Å². The Bertz CT molecular complexity index is 573. The second-order valence-corrected chi connectivity index (χ2v) is 6.05. The molecule has 1 amide bonds. The summed E-state index contributed by atoms with van der Waals surface area (Å²) in [6, 6.07) is 3.41. The third-order valence-corrected chi connectivity index (χ3v) is 4.59. The number of carbonyl (C=O) groups is 1. The molecule has 1 aromatic rings. The van der Waals surface area contributed by atoms with Gasteiger partial charge in [-0.2, -0.15) is 5.10 Å². The number of aromatic nitrogens is 2. The second kappa shape index (κ2) is 7.02. The van der Waals surface area contributed by atoms with E-state index in [1.165, 1.54) is 23.6 Å². The van der Waals surface area contributed by atoms with Crippen LogP contribution in [0.1, 0.15) is 32.1 Å². The molecule has 1 saturated carbocycles. The quantitative estimate of drug-likeness (QED) is 0.655. The number of carbonyl (C=O) groups excluding carboxylic acids is 1. The van der Waals surface area contributed by atoms with Crippen molar-refractivity contribution in [1.82, 2.24) is 25.9 Å². The van der Waals surface area contributed by atoms with Crippen molar-refractivity contribution < 1.29 is 4.79 Å². The first-order valence-electron chi connectivity index (χ1n) is 8.06. The summed E-state index contributed by atoms with van der Waals surface area (Å²) in [7, 11) is 0. The van der Waals surface area contributed by atoms with Gasteiger partial charge in [-0.05, 0) is 25.3 Å². The molecule has 120 valence electrons. The minimum absolute atomic E-state index is 0.0512. The van der Waals surface area contributed by atoms with Crippen LogP contribution < -0.4 is 21.7 Å². The third kappa shape index (κ3) is 3.36. The molecule has 0 aromatic carbocycles. The lowest BCUT2D eigenvalue weighted by Gasteiger charge is -2.26. The first-order chi connectivity index (χ1) is 10.8. The van der Waals surface area contributed by atoms with Crippen LogP contribution in [0.5, 0.6) is 0 Å². The Morgan fingerprint density at radius 1 is 1.36 bits per heavy atom. The van der Waals surface area contributed by atoms with Crippen molar-refractivity contribution in [1.29, 1.82) is 0 Å². The molecule has 22 heavy (non-hydrogen) atoms. The van der Waals surface area contributed by atoms with Crippen molar-refractivity contribution in [3.05, 3.63) is 28.7 Å². The maximum Gasteiger partial charge on any atom is 0.266 e. The number of amides is 1. The van der Waals surface area contributed by atoms with Gasteiger partial charge in [0.05, 0.1) is 0 Å². The minimum atomic E-state index is -0.136. The number of aryl methyl sites for hydroxylation is 1. The molecule has 2 heterocycles. The zero-order valence-corrected chi connectivity index (χ0v) is 12.6. The molecule has 1 aromatic heterocycles. The summed E-state index contributed by atoms with van der Waals surface area (Å²) in [5.41, 5.74) is 6.27. The molecule has 0 bridgehead atoms. The number of nitrogens with one attached hydrogen (secondary N) is 3. The highest BCUT2D eigenvalue weighted by atomic mass is 16.2. The number of fused-ring (bicyclic) bond motifs is 1. The van der Waals surface area contributed by atoms with Gasteiger partial charge >= 0.3 is 0 Å². The first kappa shape index (κ1) is 15.2. The molecule has 3 unspecified atom stereocenters. The molecule has 1 aliphatic heterocycles. The predicted molar refractivity (Wildman–Crippen MR) is 81.9 cm³/mol. The normalized spacial score (nSPS) is 27.4. The van der Waals surface area contributed by atoms with Gasteiger partial charge in [0, 0.05) is 37.3 Å². The molecule has 2 fully saturated rings. The summed E-state index contributed by atoms with van der Waals surface area (Å²) in [4.78, 5) is 23.8. The van der Waals surface area contributed by atoms with Gasteiger partial charge in [0.2, 0.25) is 5.91 Å². The number of hydrogen-bond acceptors (Lipinski definition) is 5. The Morgan fingerprint density at radius 2 is 2.23 bits per heavy atom. The molecule has 1 saturated heterocycles. The summed E-state index contributed by atoms with van der Waals surface area (Å²) >= 11 is 0. The van der Waals surface area contributed by atoms with E-state index in [-0.39, 0.29) is 17.5 Å². The smallest absolute Gasteiger partial charge is 0.266 e. The van der Waals surface area contributed by atoms with Crippen molar-refractivity contribution in [3.63, 3.8) is 0 Å². The molecule has 2 aliphatic rings. The topological polar surface area (TPSA) is 88.0 Å². The van der Waals surface area contributed by atoms with Crippen LogP contribution in [0.4, 0.5) is 0 Å². The van der Waals surface area contributed by atoms with Crippen molar-refractivity contribution in [3.8, 4) is 0 Å². The van der Waals surface area contributed by atoms with Gasteiger partial charge in [-0.1, -0.05) is 12.8 Å². The van der Waals surface area contributed by atoms with Gasteiger partial charge in [0.15, 0.2) is 0 Å². The van der Waals surface area contributed by atoms with E-state index >= 15 is 0 Å². The summed E-state index contributed by atoms with van der Waals surface area (Å²) in [5.74, 6) is 0.447. The van der Waals surface area contributed by atoms with Crippen LogP contribution in [0.15, 0.2) is 23.1 Å². The van der Waals surface area contributed by atoms with Gasteiger partial charge < -0.3 is 5.32 Å². The predicted octanol–water partition coefficient (Wildman–Crippen LogP) is -0.215. The molecular weight excluding hydrogens is 282 g/mol. The average Bonchev–Trinajstić information content (AvgIpc) is 2.97. The molecule has 7 heteroatoms. The minimum Gasteiger partial charge on any atom is -0.355 e. The van der Waals surface area contributed by atoms with Crippen LogP contribution in [0.25, 0.3) is 0 Å². The Labute approximate surface area is 129 Å². The van der Waals surface area contributed by atoms with Gasteiger partial charge in [-0.15, -0.1) is 0 Å². The molecule has 1 aliphatic carbocycles. The summed E-state index contributed by atoms with van der Waals surface area (Å²) in [5, 5.41) is 6.96. The van der Waals surface area contributed by atoms with E-state index < -0.39 is 0 Å². The highest BCUT2D eigenvalue weighted by Crippen LogP contribution is 2.29. The van der Waals surface area contributed by atoms with E-state index in [1.54, 1.807) is 12.3 Å². The lowest BCUT2D eigenvalue weighted by molar-refractivity contribution is -0.124. The van der Waals surface area contributed by atoms with E-state index in [4.69, 9.17) is 0 Å².